The van der Waals surface area contributed by atoms with Gasteiger partial charge in [-0.3, -0.25) is 4.90 Å². The summed E-state index contributed by atoms with van der Waals surface area (Å²) >= 11 is 5.93. The zero-order chi connectivity index (χ0) is 15.5. The largest absolute Gasteiger partial charge is 0.398 e. The molecule has 1 unspecified atom stereocenters. The fourth-order valence-electron chi connectivity index (χ4n) is 3.48. The third-order valence-corrected chi connectivity index (χ3v) is 4.75. The molecule has 116 valence electrons. The van der Waals surface area contributed by atoms with Crippen LogP contribution in [0.4, 0.5) is 5.69 Å². The van der Waals surface area contributed by atoms with Crippen molar-refractivity contribution in [2.24, 2.45) is 0 Å². The number of benzene rings is 2. The molecule has 0 saturated carbocycles. The molecule has 1 aliphatic heterocycles. The number of nitrogens with zero attached hydrogens (tertiary/aromatic N) is 1. The van der Waals surface area contributed by atoms with Gasteiger partial charge in [0.25, 0.3) is 0 Å². The van der Waals surface area contributed by atoms with Gasteiger partial charge in [0, 0.05) is 23.8 Å². The highest BCUT2D eigenvalue weighted by Crippen LogP contribution is 2.32. The normalized spacial score (nSPS) is 18.2. The van der Waals surface area contributed by atoms with E-state index in [4.69, 9.17) is 17.3 Å². The molecule has 2 aromatic carbocycles. The fraction of sp³-hybridized carbons (Fsp3) is 0.368. The highest BCUT2D eigenvalue weighted by atomic mass is 35.5. The summed E-state index contributed by atoms with van der Waals surface area (Å²) in [7, 11) is 0. The van der Waals surface area contributed by atoms with E-state index in [9.17, 15) is 0 Å². The van der Waals surface area contributed by atoms with Crippen LogP contribution in [0.25, 0.3) is 0 Å². The molecular formula is C19H23ClN2. The van der Waals surface area contributed by atoms with Gasteiger partial charge in [-0.05, 0) is 60.2 Å². The van der Waals surface area contributed by atoms with E-state index in [1.165, 1.54) is 23.1 Å². The summed E-state index contributed by atoms with van der Waals surface area (Å²) in [5.74, 6) is 0.514. The maximum atomic E-state index is 6.14. The van der Waals surface area contributed by atoms with Gasteiger partial charge in [0.05, 0.1) is 0 Å². The molecule has 0 spiro atoms. The van der Waals surface area contributed by atoms with Gasteiger partial charge in [-0.2, -0.15) is 0 Å². The van der Waals surface area contributed by atoms with Crippen LogP contribution in [0.2, 0.25) is 5.02 Å². The molecule has 3 heteroatoms. The van der Waals surface area contributed by atoms with Gasteiger partial charge >= 0.3 is 0 Å². The number of hydrogen-bond acceptors (Lipinski definition) is 2. The molecule has 1 heterocycles. The van der Waals surface area contributed by atoms with Crippen LogP contribution in [-0.2, 0) is 13.0 Å². The molecule has 2 nitrogen and oxygen atoms in total. The average Bonchev–Trinajstić information content (AvgIpc) is 2.49. The summed E-state index contributed by atoms with van der Waals surface area (Å²) in [6.07, 6.45) is 2.28. The molecule has 0 amide bonds. The summed E-state index contributed by atoms with van der Waals surface area (Å²) in [6, 6.07) is 14.5. The van der Waals surface area contributed by atoms with E-state index < -0.39 is 0 Å². The van der Waals surface area contributed by atoms with E-state index in [-0.39, 0.29) is 0 Å². The third kappa shape index (κ3) is 3.45. The first-order valence-corrected chi connectivity index (χ1v) is 8.35. The van der Waals surface area contributed by atoms with E-state index in [1.54, 1.807) is 0 Å². The van der Waals surface area contributed by atoms with Crippen LogP contribution < -0.4 is 5.73 Å². The number of anilines is 1. The summed E-state index contributed by atoms with van der Waals surface area (Å²) in [5.41, 5.74) is 11.2. The Morgan fingerprint density at radius 3 is 2.73 bits per heavy atom. The van der Waals surface area contributed by atoms with Crippen LogP contribution in [-0.4, -0.2) is 18.0 Å². The second-order valence-corrected chi connectivity index (χ2v) is 6.72. The molecule has 22 heavy (non-hydrogen) atoms. The Bertz CT molecular complexity index is 636. The molecule has 3 rings (SSSR count). The van der Waals surface area contributed by atoms with Crippen LogP contribution in [0, 0.1) is 0 Å². The zero-order valence-electron chi connectivity index (χ0n) is 13.1. The molecule has 1 aliphatic rings. The summed E-state index contributed by atoms with van der Waals surface area (Å²) in [5, 5.41) is 0.808. The quantitative estimate of drug-likeness (QED) is 0.843. The van der Waals surface area contributed by atoms with Crippen molar-refractivity contribution in [3.05, 3.63) is 64.2 Å². The van der Waals surface area contributed by atoms with Crippen molar-refractivity contribution >= 4 is 17.3 Å². The Morgan fingerprint density at radius 1 is 1.18 bits per heavy atom. The molecule has 2 N–H and O–H groups in total. The minimum absolute atomic E-state index is 0.514. The van der Waals surface area contributed by atoms with Crippen molar-refractivity contribution < 1.29 is 0 Å². The Hall–Kier alpha value is -1.51. The number of rotatable bonds is 4. The molecule has 2 aromatic rings. The van der Waals surface area contributed by atoms with Crippen molar-refractivity contribution in [2.45, 2.75) is 32.2 Å². The average molecular weight is 315 g/mol. The van der Waals surface area contributed by atoms with Crippen LogP contribution in [0.3, 0.4) is 0 Å². The van der Waals surface area contributed by atoms with Crippen molar-refractivity contribution in [1.82, 2.24) is 4.90 Å². The maximum absolute atomic E-state index is 6.14. The van der Waals surface area contributed by atoms with Crippen molar-refractivity contribution in [2.75, 3.05) is 18.8 Å². The van der Waals surface area contributed by atoms with Gasteiger partial charge in [-0.1, -0.05) is 42.8 Å². The maximum Gasteiger partial charge on any atom is 0.0406 e. The number of fused-ring (bicyclic) bond motifs is 1. The molecule has 1 atom stereocenters. The van der Waals surface area contributed by atoms with Crippen molar-refractivity contribution in [1.29, 1.82) is 0 Å². The van der Waals surface area contributed by atoms with E-state index in [1.807, 2.05) is 18.2 Å². The minimum Gasteiger partial charge on any atom is -0.398 e. The van der Waals surface area contributed by atoms with Crippen molar-refractivity contribution in [3.63, 3.8) is 0 Å². The first-order chi connectivity index (χ1) is 10.6. The topological polar surface area (TPSA) is 29.3 Å². The summed E-state index contributed by atoms with van der Waals surface area (Å²) < 4.78 is 0. The van der Waals surface area contributed by atoms with Gasteiger partial charge in [0.15, 0.2) is 0 Å². The highest BCUT2D eigenvalue weighted by Gasteiger charge is 2.23. The number of halogens is 1. The van der Waals surface area contributed by atoms with Gasteiger partial charge in [-0.15, -0.1) is 0 Å². The van der Waals surface area contributed by atoms with Gasteiger partial charge in [0.2, 0.25) is 0 Å². The molecule has 0 fully saturated rings. The van der Waals surface area contributed by atoms with E-state index in [0.717, 1.165) is 36.8 Å². The summed E-state index contributed by atoms with van der Waals surface area (Å²) in [6.45, 7) is 5.52. The SMILES string of the molecule is CC1CN(CCCc2ccc(Cl)cc2)Cc2cccc(N)c21. The van der Waals surface area contributed by atoms with E-state index in [2.05, 4.69) is 36.1 Å². The number of hydrogen-bond donors (Lipinski definition) is 1. The lowest BCUT2D eigenvalue weighted by molar-refractivity contribution is 0.233. The summed E-state index contributed by atoms with van der Waals surface area (Å²) in [4.78, 5) is 2.54. The number of nitrogen functional groups attached to an aromatic ring is 1. The third-order valence-electron chi connectivity index (χ3n) is 4.50. The molecule has 0 saturated heterocycles. The Balaban J connectivity index is 1.57. The molecule has 0 radical (unpaired) electrons. The van der Waals surface area contributed by atoms with Crippen LogP contribution in [0.1, 0.15) is 36.0 Å². The smallest absolute Gasteiger partial charge is 0.0406 e. The predicted octanol–water partition coefficient (Wildman–Crippen LogP) is 4.47. The molecule has 0 aliphatic carbocycles. The van der Waals surface area contributed by atoms with Gasteiger partial charge in [-0.25, -0.2) is 0 Å². The fourth-order valence-corrected chi connectivity index (χ4v) is 3.61. The first kappa shape index (κ1) is 15.4. The Labute approximate surface area is 137 Å². The zero-order valence-corrected chi connectivity index (χ0v) is 13.8. The lowest BCUT2D eigenvalue weighted by Gasteiger charge is -2.33. The first-order valence-electron chi connectivity index (χ1n) is 7.97. The van der Waals surface area contributed by atoms with Gasteiger partial charge < -0.3 is 5.73 Å². The molecule has 0 aromatic heterocycles. The van der Waals surface area contributed by atoms with Crippen LogP contribution >= 0.6 is 11.6 Å². The lowest BCUT2D eigenvalue weighted by atomic mass is 9.89. The predicted molar refractivity (Wildman–Crippen MR) is 94.3 cm³/mol. The van der Waals surface area contributed by atoms with E-state index >= 15 is 0 Å². The highest BCUT2D eigenvalue weighted by molar-refractivity contribution is 6.30. The Kier molecular flexibility index (Phi) is 4.70. The number of aryl methyl sites for hydroxylation is 1. The lowest BCUT2D eigenvalue weighted by Crippen LogP contribution is -2.34. The minimum atomic E-state index is 0.514. The Morgan fingerprint density at radius 2 is 1.95 bits per heavy atom. The molecular weight excluding hydrogens is 292 g/mol. The standard InChI is InChI=1S/C19H23ClN2/c1-14-12-22(13-16-5-2-6-18(21)19(14)16)11-3-4-15-7-9-17(20)10-8-15/h2,5-10,14H,3-4,11-13,21H2,1H3. The van der Waals surface area contributed by atoms with Crippen LogP contribution in [0.15, 0.2) is 42.5 Å². The van der Waals surface area contributed by atoms with Crippen LogP contribution in [0.5, 0.6) is 0 Å². The second-order valence-electron chi connectivity index (χ2n) is 6.29. The van der Waals surface area contributed by atoms with Gasteiger partial charge in [0.1, 0.15) is 0 Å². The molecule has 0 bridgehead atoms. The number of nitrogens with two attached hydrogens (primary N) is 1. The van der Waals surface area contributed by atoms with E-state index in [0.29, 0.717) is 5.92 Å². The monoisotopic (exact) mass is 314 g/mol. The second kappa shape index (κ2) is 6.72. The van der Waals surface area contributed by atoms with Crippen molar-refractivity contribution in [3.8, 4) is 0 Å².